The minimum atomic E-state index is -0.788. The lowest BCUT2D eigenvalue weighted by molar-refractivity contribution is 0.173. The Morgan fingerprint density at radius 2 is 2.17 bits per heavy atom. The molecule has 1 saturated heterocycles. The first-order valence-electron chi connectivity index (χ1n) is 7.58. The first-order chi connectivity index (χ1) is 11.1. The summed E-state index contributed by atoms with van der Waals surface area (Å²) in [6.07, 6.45) is 3.81. The quantitative estimate of drug-likeness (QED) is 0.834. The molecule has 1 aromatic carbocycles. The van der Waals surface area contributed by atoms with Crippen molar-refractivity contribution >= 4 is 10.8 Å². The van der Waals surface area contributed by atoms with Crippen molar-refractivity contribution in [2.24, 2.45) is 7.05 Å². The number of hydrogen-bond acceptors (Lipinski definition) is 4. The summed E-state index contributed by atoms with van der Waals surface area (Å²) in [6, 6.07) is 6.13. The van der Waals surface area contributed by atoms with E-state index >= 15 is 0 Å². The van der Waals surface area contributed by atoms with E-state index in [0.29, 0.717) is 23.9 Å². The van der Waals surface area contributed by atoms with Crippen LogP contribution in [0.2, 0.25) is 0 Å². The molecule has 1 aliphatic rings. The fourth-order valence-corrected chi connectivity index (χ4v) is 4.10. The highest BCUT2D eigenvalue weighted by Gasteiger charge is 2.28. The lowest BCUT2D eigenvalue weighted by Gasteiger charge is -2.34. The van der Waals surface area contributed by atoms with Crippen molar-refractivity contribution in [2.75, 3.05) is 31.2 Å². The average molecular weight is 337 g/mol. The van der Waals surface area contributed by atoms with E-state index in [1.54, 1.807) is 16.8 Å². The van der Waals surface area contributed by atoms with Crippen molar-refractivity contribution in [3.05, 3.63) is 48.0 Å². The van der Waals surface area contributed by atoms with Crippen molar-refractivity contribution in [2.45, 2.75) is 6.04 Å². The SMILES string of the molecule is Cn1cc(C2CS(=O)CCN2CCOc2ccc(F)cc2)cn1. The van der Waals surface area contributed by atoms with Crippen molar-refractivity contribution in [3.8, 4) is 5.75 Å². The summed E-state index contributed by atoms with van der Waals surface area (Å²) in [5, 5.41) is 4.21. The van der Waals surface area contributed by atoms with Gasteiger partial charge in [0, 0.05) is 60.2 Å². The Balaban J connectivity index is 1.60. The molecule has 1 aromatic heterocycles. The van der Waals surface area contributed by atoms with Gasteiger partial charge >= 0.3 is 0 Å². The van der Waals surface area contributed by atoms with Crippen LogP contribution in [0.25, 0.3) is 0 Å². The Morgan fingerprint density at radius 3 is 2.87 bits per heavy atom. The van der Waals surface area contributed by atoms with E-state index in [4.69, 9.17) is 4.74 Å². The minimum absolute atomic E-state index is 0.107. The highest BCUT2D eigenvalue weighted by atomic mass is 32.2. The average Bonchev–Trinajstić information content (AvgIpc) is 2.97. The molecule has 0 saturated carbocycles. The Hall–Kier alpha value is -1.73. The van der Waals surface area contributed by atoms with E-state index in [1.165, 1.54) is 12.1 Å². The molecule has 2 aromatic rings. The third-order valence-electron chi connectivity index (χ3n) is 3.96. The van der Waals surface area contributed by atoms with Crippen LogP contribution in [0.4, 0.5) is 4.39 Å². The summed E-state index contributed by atoms with van der Waals surface area (Å²) in [6.45, 7) is 2.02. The third kappa shape index (κ3) is 4.17. The maximum absolute atomic E-state index is 12.9. The Morgan fingerprint density at radius 1 is 1.39 bits per heavy atom. The molecule has 0 N–H and O–H groups in total. The first kappa shape index (κ1) is 16.1. The highest BCUT2D eigenvalue weighted by Crippen LogP contribution is 2.24. The van der Waals surface area contributed by atoms with Gasteiger partial charge in [-0.05, 0) is 24.3 Å². The molecule has 5 nitrogen and oxygen atoms in total. The molecular formula is C16H20FN3O2S. The second-order valence-electron chi connectivity index (χ2n) is 5.61. The number of nitrogens with zero attached hydrogens (tertiary/aromatic N) is 3. The summed E-state index contributed by atoms with van der Waals surface area (Å²) in [4.78, 5) is 2.28. The van der Waals surface area contributed by atoms with Crippen LogP contribution >= 0.6 is 0 Å². The summed E-state index contributed by atoms with van der Waals surface area (Å²) < 4.78 is 32.2. The van der Waals surface area contributed by atoms with Crippen LogP contribution in [0.5, 0.6) is 5.75 Å². The van der Waals surface area contributed by atoms with E-state index < -0.39 is 10.8 Å². The van der Waals surface area contributed by atoms with E-state index in [0.717, 1.165) is 18.7 Å². The second-order valence-corrected chi connectivity index (χ2v) is 7.23. The molecule has 1 aliphatic heterocycles. The Labute approximate surface area is 137 Å². The summed E-state index contributed by atoms with van der Waals surface area (Å²) >= 11 is 0. The minimum Gasteiger partial charge on any atom is -0.492 e. The monoisotopic (exact) mass is 337 g/mol. The van der Waals surface area contributed by atoms with Gasteiger partial charge in [0.25, 0.3) is 0 Å². The van der Waals surface area contributed by atoms with Gasteiger partial charge in [-0.3, -0.25) is 13.8 Å². The number of aromatic nitrogens is 2. The maximum Gasteiger partial charge on any atom is 0.123 e. The van der Waals surface area contributed by atoms with Gasteiger partial charge in [0.2, 0.25) is 0 Å². The smallest absolute Gasteiger partial charge is 0.123 e. The molecule has 3 rings (SSSR count). The van der Waals surface area contributed by atoms with Gasteiger partial charge in [-0.25, -0.2) is 4.39 Å². The molecule has 0 aliphatic carbocycles. The molecule has 0 radical (unpaired) electrons. The number of rotatable bonds is 5. The number of benzene rings is 1. The molecule has 124 valence electrons. The van der Waals surface area contributed by atoms with Gasteiger partial charge < -0.3 is 4.74 Å². The predicted octanol–water partition coefficient (Wildman–Crippen LogP) is 1.74. The standard InChI is InChI=1S/C16H20FN3O2S/c1-19-11-13(10-18-19)16-12-23(21)9-7-20(16)6-8-22-15-4-2-14(17)3-5-15/h2-5,10-11,16H,6-9,12H2,1H3. The zero-order chi connectivity index (χ0) is 16.2. The van der Waals surface area contributed by atoms with Gasteiger partial charge in [0.1, 0.15) is 18.2 Å². The summed E-state index contributed by atoms with van der Waals surface area (Å²) in [5.74, 6) is 1.70. The molecular weight excluding hydrogens is 317 g/mol. The van der Waals surface area contributed by atoms with Crippen LogP contribution < -0.4 is 4.74 Å². The molecule has 0 bridgehead atoms. The maximum atomic E-state index is 12.9. The van der Waals surface area contributed by atoms with Crippen molar-refractivity contribution in [3.63, 3.8) is 0 Å². The Bertz CT molecular complexity index is 674. The van der Waals surface area contributed by atoms with Crippen LogP contribution in [0.1, 0.15) is 11.6 Å². The molecule has 0 amide bonds. The van der Waals surface area contributed by atoms with Crippen molar-refractivity contribution in [1.29, 1.82) is 0 Å². The van der Waals surface area contributed by atoms with Gasteiger partial charge in [-0.1, -0.05) is 0 Å². The summed E-state index contributed by atoms with van der Waals surface area (Å²) in [7, 11) is 1.09. The van der Waals surface area contributed by atoms with Crippen molar-refractivity contribution < 1.29 is 13.3 Å². The fourth-order valence-electron chi connectivity index (χ4n) is 2.74. The van der Waals surface area contributed by atoms with Crippen LogP contribution in [-0.2, 0) is 17.8 Å². The molecule has 23 heavy (non-hydrogen) atoms. The number of hydrogen-bond donors (Lipinski definition) is 0. The van der Waals surface area contributed by atoms with Crippen LogP contribution in [0.15, 0.2) is 36.7 Å². The van der Waals surface area contributed by atoms with Crippen LogP contribution in [0.3, 0.4) is 0 Å². The van der Waals surface area contributed by atoms with Crippen molar-refractivity contribution in [1.82, 2.24) is 14.7 Å². The topological polar surface area (TPSA) is 47.4 Å². The van der Waals surface area contributed by atoms with E-state index in [-0.39, 0.29) is 11.9 Å². The lowest BCUT2D eigenvalue weighted by atomic mass is 10.1. The third-order valence-corrected chi connectivity index (χ3v) is 5.29. The van der Waals surface area contributed by atoms with Gasteiger partial charge in [-0.15, -0.1) is 0 Å². The number of aryl methyl sites for hydroxylation is 1. The normalized spacial score (nSPS) is 22.2. The van der Waals surface area contributed by atoms with E-state index in [2.05, 4.69) is 10.00 Å². The van der Waals surface area contributed by atoms with Gasteiger partial charge in [0.05, 0.1) is 6.20 Å². The number of ether oxygens (including phenoxy) is 1. The second kappa shape index (κ2) is 7.23. The van der Waals surface area contributed by atoms with E-state index in [9.17, 15) is 8.60 Å². The fraction of sp³-hybridized carbons (Fsp3) is 0.438. The molecule has 7 heteroatoms. The zero-order valence-electron chi connectivity index (χ0n) is 13.0. The zero-order valence-corrected chi connectivity index (χ0v) is 13.8. The van der Waals surface area contributed by atoms with E-state index in [1.807, 2.05) is 19.4 Å². The number of halogens is 1. The van der Waals surface area contributed by atoms with Gasteiger partial charge in [-0.2, -0.15) is 5.10 Å². The molecule has 2 atom stereocenters. The molecule has 2 unspecified atom stereocenters. The largest absolute Gasteiger partial charge is 0.492 e. The highest BCUT2D eigenvalue weighted by molar-refractivity contribution is 7.85. The first-order valence-corrected chi connectivity index (χ1v) is 9.06. The van der Waals surface area contributed by atoms with Crippen LogP contribution in [0, 0.1) is 5.82 Å². The summed E-state index contributed by atoms with van der Waals surface area (Å²) in [5.41, 5.74) is 1.09. The lowest BCUT2D eigenvalue weighted by Crippen LogP contribution is -2.42. The molecule has 2 heterocycles. The Kier molecular flexibility index (Phi) is 5.07. The molecule has 0 spiro atoms. The predicted molar refractivity (Wildman–Crippen MR) is 87.3 cm³/mol. The van der Waals surface area contributed by atoms with Crippen LogP contribution in [-0.4, -0.2) is 50.1 Å². The molecule has 1 fully saturated rings. The van der Waals surface area contributed by atoms with Gasteiger partial charge in [0.15, 0.2) is 0 Å².